The summed E-state index contributed by atoms with van der Waals surface area (Å²) in [7, 11) is 0. The lowest BCUT2D eigenvalue weighted by molar-refractivity contribution is -0.137. The van der Waals surface area contributed by atoms with E-state index < -0.39 is 11.8 Å². The molecule has 1 aromatic carbocycles. The molecule has 1 aliphatic rings. The van der Waals surface area contributed by atoms with Crippen LogP contribution in [0, 0.1) is 5.82 Å². The minimum atomic E-state index is -0.969. The van der Waals surface area contributed by atoms with E-state index >= 15 is 0 Å². The van der Waals surface area contributed by atoms with Crippen LogP contribution >= 0.6 is 15.9 Å². The molecule has 2 rings (SSSR count). The first-order valence-corrected chi connectivity index (χ1v) is 7.84. The third kappa shape index (κ3) is 4.27. The summed E-state index contributed by atoms with van der Waals surface area (Å²) in [5.74, 6) is -1.83. The minimum absolute atomic E-state index is 0.0873. The quantitative estimate of drug-likeness (QED) is 0.861. The van der Waals surface area contributed by atoms with Gasteiger partial charge in [-0.25, -0.2) is 4.39 Å². The Morgan fingerprint density at radius 1 is 1.36 bits per heavy atom. The molecule has 1 N–H and O–H groups in total. The molecule has 0 aromatic heterocycles. The summed E-state index contributed by atoms with van der Waals surface area (Å²) < 4.78 is 19.2. The van der Waals surface area contributed by atoms with E-state index in [9.17, 15) is 14.0 Å². The molecule has 5 nitrogen and oxygen atoms in total. The van der Waals surface area contributed by atoms with E-state index in [0.29, 0.717) is 30.5 Å². The van der Waals surface area contributed by atoms with E-state index in [4.69, 9.17) is 9.84 Å². The summed E-state index contributed by atoms with van der Waals surface area (Å²) in [6, 6.07) is 3.81. The number of benzene rings is 1. The molecule has 7 heteroatoms. The fraction of sp³-hybridized carbons (Fsp3) is 0.467. The molecule has 22 heavy (non-hydrogen) atoms. The number of halogens is 2. The highest BCUT2D eigenvalue weighted by Crippen LogP contribution is 2.23. The average molecular weight is 374 g/mol. The summed E-state index contributed by atoms with van der Waals surface area (Å²) in [4.78, 5) is 25.1. The van der Waals surface area contributed by atoms with Crippen LogP contribution in [0.25, 0.3) is 0 Å². The summed E-state index contributed by atoms with van der Waals surface area (Å²) in [5.41, 5.74) is 0.205. The lowest BCUT2D eigenvalue weighted by Crippen LogP contribution is -2.44. The van der Waals surface area contributed by atoms with Crippen molar-refractivity contribution in [3.05, 3.63) is 34.1 Å². The molecule has 1 aliphatic heterocycles. The van der Waals surface area contributed by atoms with Gasteiger partial charge in [0.25, 0.3) is 5.91 Å². The topological polar surface area (TPSA) is 66.8 Å². The number of carboxylic acids is 1. The molecule has 0 atom stereocenters. The number of carbonyl (C=O) groups excluding carboxylic acids is 1. The molecule has 0 radical (unpaired) electrons. The first-order chi connectivity index (χ1) is 10.5. The Hall–Kier alpha value is -1.47. The maximum absolute atomic E-state index is 13.4. The van der Waals surface area contributed by atoms with Crippen LogP contribution in [0.2, 0.25) is 0 Å². The van der Waals surface area contributed by atoms with Crippen LogP contribution in [0.1, 0.15) is 29.6 Å². The number of hydrogen-bond donors (Lipinski definition) is 1. The number of aliphatic carboxylic acids is 1. The molecule has 1 aromatic rings. The molecule has 0 unspecified atom stereocenters. The van der Waals surface area contributed by atoms with Crippen LogP contribution in [-0.2, 0) is 9.53 Å². The zero-order valence-electron chi connectivity index (χ0n) is 11.9. The van der Waals surface area contributed by atoms with Crippen molar-refractivity contribution in [2.24, 2.45) is 0 Å². The van der Waals surface area contributed by atoms with Crippen LogP contribution in [0.5, 0.6) is 0 Å². The van der Waals surface area contributed by atoms with Gasteiger partial charge in [0.2, 0.25) is 0 Å². The minimum Gasteiger partial charge on any atom is -0.481 e. The van der Waals surface area contributed by atoms with Gasteiger partial charge in [0.1, 0.15) is 5.82 Å². The number of nitrogens with zero attached hydrogens (tertiary/aromatic N) is 1. The molecule has 1 saturated heterocycles. The number of amides is 1. The van der Waals surface area contributed by atoms with Crippen molar-refractivity contribution < 1.29 is 23.8 Å². The van der Waals surface area contributed by atoms with Gasteiger partial charge in [0, 0.05) is 30.3 Å². The SMILES string of the molecule is O=C(O)CCN(C(=O)c1cc(F)ccc1Br)C1CCOCC1. The van der Waals surface area contributed by atoms with E-state index in [0.717, 1.165) is 0 Å². The Kier molecular flexibility index (Phi) is 5.90. The first kappa shape index (κ1) is 16.9. The predicted molar refractivity (Wildman–Crippen MR) is 81.2 cm³/mol. The fourth-order valence-electron chi connectivity index (χ4n) is 2.48. The van der Waals surface area contributed by atoms with Gasteiger partial charge in [-0.2, -0.15) is 0 Å². The summed E-state index contributed by atoms with van der Waals surface area (Å²) in [6.07, 6.45) is 1.16. The van der Waals surface area contributed by atoms with E-state index in [1.54, 1.807) is 0 Å². The number of ether oxygens (including phenoxy) is 1. The van der Waals surface area contributed by atoms with Gasteiger partial charge in [-0.15, -0.1) is 0 Å². The predicted octanol–water partition coefficient (Wildman–Crippen LogP) is 2.68. The van der Waals surface area contributed by atoms with Crippen LogP contribution in [0.4, 0.5) is 4.39 Å². The standard InChI is InChI=1S/C15H17BrFNO4/c16-13-2-1-10(17)9-12(13)15(21)18(6-3-14(19)20)11-4-7-22-8-5-11/h1-2,9,11H,3-8H2,(H,19,20). The van der Waals surface area contributed by atoms with Crippen molar-refractivity contribution in [3.8, 4) is 0 Å². The summed E-state index contributed by atoms with van der Waals surface area (Å²) in [5, 5.41) is 8.88. The Labute approximate surface area is 136 Å². The van der Waals surface area contributed by atoms with Gasteiger partial charge in [-0.05, 0) is 47.0 Å². The van der Waals surface area contributed by atoms with Crippen LogP contribution in [-0.4, -0.2) is 47.7 Å². The Morgan fingerprint density at radius 3 is 2.68 bits per heavy atom. The smallest absolute Gasteiger partial charge is 0.305 e. The fourth-order valence-corrected chi connectivity index (χ4v) is 2.90. The molecule has 0 bridgehead atoms. The molecular weight excluding hydrogens is 357 g/mol. The molecular formula is C15H17BrFNO4. The van der Waals surface area contributed by atoms with Gasteiger partial charge in [0.05, 0.1) is 12.0 Å². The first-order valence-electron chi connectivity index (χ1n) is 7.04. The monoisotopic (exact) mass is 373 g/mol. The lowest BCUT2D eigenvalue weighted by Gasteiger charge is -2.34. The van der Waals surface area contributed by atoms with Crippen molar-refractivity contribution in [2.45, 2.75) is 25.3 Å². The Bertz CT molecular complexity index is 560. The Morgan fingerprint density at radius 2 is 2.05 bits per heavy atom. The Balaban J connectivity index is 2.23. The zero-order valence-corrected chi connectivity index (χ0v) is 13.5. The van der Waals surface area contributed by atoms with Gasteiger partial charge in [-0.3, -0.25) is 9.59 Å². The van der Waals surface area contributed by atoms with Crippen molar-refractivity contribution in [1.29, 1.82) is 0 Å². The second kappa shape index (κ2) is 7.69. The molecule has 0 spiro atoms. The maximum Gasteiger partial charge on any atom is 0.305 e. The van der Waals surface area contributed by atoms with Crippen LogP contribution in [0.3, 0.4) is 0 Å². The van der Waals surface area contributed by atoms with Crippen molar-refractivity contribution >= 4 is 27.8 Å². The largest absolute Gasteiger partial charge is 0.481 e. The van der Waals surface area contributed by atoms with Crippen LogP contribution < -0.4 is 0 Å². The third-order valence-electron chi connectivity index (χ3n) is 3.62. The molecule has 1 amide bonds. The molecule has 0 aliphatic carbocycles. The summed E-state index contributed by atoms with van der Waals surface area (Å²) in [6.45, 7) is 1.17. The zero-order chi connectivity index (χ0) is 16.1. The number of carboxylic acid groups (broad SMARTS) is 1. The van der Waals surface area contributed by atoms with Crippen molar-refractivity contribution in [3.63, 3.8) is 0 Å². The molecule has 1 fully saturated rings. The van der Waals surface area contributed by atoms with Gasteiger partial charge in [-0.1, -0.05) is 0 Å². The van der Waals surface area contributed by atoms with Crippen LogP contribution in [0.15, 0.2) is 22.7 Å². The summed E-state index contributed by atoms with van der Waals surface area (Å²) >= 11 is 3.25. The second-order valence-electron chi connectivity index (χ2n) is 5.11. The molecule has 0 saturated carbocycles. The molecule has 120 valence electrons. The van der Waals surface area contributed by atoms with E-state index in [1.165, 1.54) is 23.1 Å². The van der Waals surface area contributed by atoms with Gasteiger partial charge < -0.3 is 14.7 Å². The highest BCUT2D eigenvalue weighted by atomic mass is 79.9. The highest BCUT2D eigenvalue weighted by Gasteiger charge is 2.28. The number of carbonyl (C=O) groups is 2. The number of rotatable bonds is 5. The maximum atomic E-state index is 13.4. The van der Waals surface area contributed by atoms with Gasteiger partial charge >= 0.3 is 5.97 Å². The van der Waals surface area contributed by atoms with Crippen molar-refractivity contribution in [2.75, 3.05) is 19.8 Å². The van der Waals surface area contributed by atoms with Gasteiger partial charge in [0.15, 0.2) is 0 Å². The van der Waals surface area contributed by atoms with E-state index in [1.807, 2.05) is 0 Å². The third-order valence-corrected chi connectivity index (χ3v) is 4.31. The van der Waals surface area contributed by atoms with E-state index in [-0.39, 0.29) is 30.5 Å². The lowest BCUT2D eigenvalue weighted by atomic mass is 10.0. The average Bonchev–Trinajstić information content (AvgIpc) is 2.50. The number of hydrogen-bond acceptors (Lipinski definition) is 3. The normalized spacial score (nSPS) is 15.5. The molecule has 1 heterocycles. The van der Waals surface area contributed by atoms with E-state index in [2.05, 4.69) is 15.9 Å². The van der Waals surface area contributed by atoms with Crippen molar-refractivity contribution in [1.82, 2.24) is 4.90 Å². The second-order valence-corrected chi connectivity index (χ2v) is 5.96. The highest BCUT2D eigenvalue weighted by molar-refractivity contribution is 9.10.